The third-order valence-corrected chi connectivity index (χ3v) is 5.50. The van der Waals surface area contributed by atoms with E-state index in [4.69, 9.17) is 27.4 Å². The molecule has 0 saturated carbocycles. The van der Waals surface area contributed by atoms with E-state index in [-0.39, 0.29) is 19.3 Å². The van der Waals surface area contributed by atoms with Crippen molar-refractivity contribution in [2.24, 2.45) is 17.2 Å². The van der Waals surface area contributed by atoms with Crippen molar-refractivity contribution in [3.63, 3.8) is 0 Å². The van der Waals surface area contributed by atoms with Crippen molar-refractivity contribution in [3.8, 4) is 0 Å². The molecule has 0 bridgehead atoms. The Balaban J connectivity index is 5.47. The second kappa shape index (κ2) is 17.5. The number of thioether (sulfide) groups is 1. The Bertz CT molecular complexity index is 753. The van der Waals surface area contributed by atoms with Crippen LogP contribution < -0.4 is 33.2 Å². The molecule has 0 aliphatic heterocycles. The fourth-order valence-corrected chi connectivity index (χ4v) is 3.37. The highest BCUT2D eigenvalue weighted by atomic mass is 32.2. The van der Waals surface area contributed by atoms with E-state index in [0.29, 0.717) is 31.6 Å². The summed E-state index contributed by atoms with van der Waals surface area (Å²) in [6, 6.07) is -5.09. The molecule has 0 fully saturated rings. The summed E-state index contributed by atoms with van der Waals surface area (Å²) in [7, 11) is 0. The van der Waals surface area contributed by atoms with Crippen molar-refractivity contribution in [1.82, 2.24) is 16.0 Å². The Morgan fingerprint density at radius 2 is 1.37 bits per heavy atom. The van der Waals surface area contributed by atoms with Gasteiger partial charge in [0.05, 0.1) is 12.5 Å². The summed E-state index contributed by atoms with van der Waals surface area (Å²) in [6.45, 7) is 0.437. The lowest BCUT2D eigenvalue weighted by Crippen LogP contribution is -2.57. The van der Waals surface area contributed by atoms with Crippen LogP contribution in [-0.4, -0.2) is 88.5 Å². The number of nitrogens with two attached hydrogens (primary N) is 3. The summed E-state index contributed by atoms with van der Waals surface area (Å²) in [5.74, 6) is -5.63. The van der Waals surface area contributed by atoms with Gasteiger partial charge in [-0.3, -0.25) is 24.0 Å². The minimum absolute atomic E-state index is 0.0905. The molecular weight excluding hydrogens is 484 g/mol. The Hall–Kier alpha value is -2.91. The number of aliphatic carboxylic acids is 2. The highest BCUT2D eigenvalue weighted by Gasteiger charge is 2.31. The van der Waals surface area contributed by atoms with E-state index < -0.39 is 66.2 Å². The molecule has 4 unspecified atom stereocenters. The fraction of sp³-hybridized carbons (Fsp3) is 0.700. The lowest BCUT2D eigenvalue weighted by Gasteiger charge is -2.25. The molecule has 4 atom stereocenters. The summed E-state index contributed by atoms with van der Waals surface area (Å²) in [5.41, 5.74) is 16.4. The number of hydrogen-bond donors (Lipinski definition) is 8. The standard InChI is InChI=1S/C20H36N6O8S/c1-35-9-7-13(19(32)26-14(20(33)34)10-16(28)29)25-18(31)12(5-6-15(23)27)24-17(30)11(22)4-2-3-8-21/h11-14H,2-10,21-22H2,1H3,(H2,23,27)(H,24,30)(H,25,31)(H,26,32)(H,28,29)(H,33,34). The Kier molecular flexibility index (Phi) is 16.1. The van der Waals surface area contributed by atoms with Crippen LogP contribution in [0.5, 0.6) is 0 Å². The van der Waals surface area contributed by atoms with E-state index in [9.17, 15) is 28.8 Å². The van der Waals surface area contributed by atoms with Crippen LogP contribution in [0.25, 0.3) is 0 Å². The van der Waals surface area contributed by atoms with Gasteiger partial charge < -0.3 is 43.4 Å². The molecule has 0 radical (unpaired) electrons. The maximum atomic E-state index is 12.9. The van der Waals surface area contributed by atoms with E-state index in [2.05, 4.69) is 16.0 Å². The monoisotopic (exact) mass is 520 g/mol. The molecule has 35 heavy (non-hydrogen) atoms. The highest BCUT2D eigenvalue weighted by molar-refractivity contribution is 7.98. The average molecular weight is 521 g/mol. The van der Waals surface area contributed by atoms with Gasteiger partial charge in [0.25, 0.3) is 0 Å². The number of nitrogens with one attached hydrogen (secondary N) is 3. The molecule has 0 aromatic carbocycles. The zero-order chi connectivity index (χ0) is 27.0. The van der Waals surface area contributed by atoms with Crippen LogP contribution in [-0.2, 0) is 28.8 Å². The van der Waals surface area contributed by atoms with Crippen LogP contribution in [0.15, 0.2) is 0 Å². The van der Waals surface area contributed by atoms with E-state index in [1.54, 1.807) is 6.26 Å². The molecule has 0 aliphatic rings. The third-order valence-electron chi connectivity index (χ3n) is 4.86. The van der Waals surface area contributed by atoms with Crippen molar-refractivity contribution in [1.29, 1.82) is 0 Å². The van der Waals surface area contributed by atoms with Crippen molar-refractivity contribution >= 4 is 47.3 Å². The van der Waals surface area contributed by atoms with Crippen molar-refractivity contribution < 1.29 is 39.0 Å². The minimum Gasteiger partial charge on any atom is -0.481 e. The fourth-order valence-electron chi connectivity index (χ4n) is 2.90. The molecule has 200 valence electrons. The summed E-state index contributed by atoms with van der Waals surface area (Å²) < 4.78 is 0. The van der Waals surface area contributed by atoms with E-state index in [0.717, 1.165) is 0 Å². The molecule has 0 aliphatic carbocycles. The Morgan fingerprint density at radius 1 is 0.829 bits per heavy atom. The predicted molar refractivity (Wildman–Crippen MR) is 128 cm³/mol. The maximum absolute atomic E-state index is 12.9. The van der Waals surface area contributed by atoms with Gasteiger partial charge in [-0.2, -0.15) is 11.8 Å². The number of amides is 4. The van der Waals surface area contributed by atoms with E-state index in [1.807, 2.05) is 0 Å². The average Bonchev–Trinajstić information content (AvgIpc) is 2.77. The van der Waals surface area contributed by atoms with Gasteiger partial charge in [0.1, 0.15) is 18.1 Å². The van der Waals surface area contributed by atoms with E-state index >= 15 is 0 Å². The zero-order valence-corrected chi connectivity index (χ0v) is 20.5. The van der Waals surface area contributed by atoms with Gasteiger partial charge >= 0.3 is 11.9 Å². The first kappa shape index (κ1) is 32.1. The first-order valence-corrected chi connectivity index (χ1v) is 12.4. The number of carbonyl (C=O) groups excluding carboxylic acids is 4. The van der Waals surface area contributed by atoms with E-state index in [1.165, 1.54) is 11.8 Å². The number of primary amides is 1. The predicted octanol–water partition coefficient (Wildman–Crippen LogP) is -2.52. The minimum atomic E-state index is -1.70. The summed E-state index contributed by atoms with van der Waals surface area (Å²) in [5, 5.41) is 25.0. The van der Waals surface area contributed by atoms with Crippen LogP contribution in [0.2, 0.25) is 0 Å². The smallest absolute Gasteiger partial charge is 0.326 e. The second-order valence-corrected chi connectivity index (χ2v) is 8.78. The van der Waals surface area contributed by atoms with Crippen molar-refractivity contribution in [3.05, 3.63) is 0 Å². The number of carbonyl (C=O) groups is 6. The van der Waals surface area contributed by atoms with Gasteiger partial charge in [-0.1, -0.05) is 6.42 Å². The molecule has 0 aromatic heterocycles. The number of carboxylic acid groups (broad SMARTS) is 2. The molecule has 11 N–H and O–H groups in total. The van der Waals surface area contributed by atoms with Gasteiger partial charge in [-0.05, 0) is 44.2 Å². The van der Waals surface area contributed by atoms with Crippen LogP contribution >= 0.6 is 11.8 Å². The van der Waals surface area contributed by atoms with Gasteiger partial charge in [-0.25, -0.2) is 4.79 Å². The first-order valence-electron chi connectivity index (χ1n) is 11.0. The molecule has 0 aromatic rings. The Labute approximate surface area is 207 Å². The molecule has 14 nitrogen and oxygen atoms in total. The van der Waals surface area contributed by atoms with Gasteiger partial charge in [0, 0.05) is 6.42 Å². The number of unbranched alkanes of at least 4 members (excludes halogenated alkanes) is 1. The molecule has 15 heteroatoms. The van der Waals surface area contributed by atoms with Crippen LogP contribution in [0, 0.1) is 0 Å². The third kappa shape index (κ3) is 14.2. The van der Waals surface area contributed by atoms with Crippen molar-refractivity contribution in [2.75, 3.05) is 18.6 Å². The van der Waals surface area contributed by atoms with Gasteiger partial charge in [0.2, 0.25) is 23.6 Å². The normalized spacial score (nSPS) is 14.1. The molecular formula is C20H36N6O8S. The molecule has 0 saturated heterocycles. The van der Waals surface area contributed by atoms with Crippen LogP contribution in [0.1, 0.15) is 44.9 Å². The summed E-state index contributed by atoms with van der Waals surface area (Å²) in [6.07, 6.45) is 2.18. The second-order valence-electron chi connectivity index (χ2n) is 7.80. The molecule has 4 amide bonds. The summed E-state index contributed by atoms with van der Waals surface area (Å²) >= 11 is 1.36. The van der Waals surface area contributed by atoms with Crippen LogP contribution in [0.3, 0.4) is 0 Å². The number of hydrogen-bond acceptors (Lipinski definition) is 9. The highest BCUT2D eigenvalue weighted by Crippen LogP contribution is 2.06. The lowest BCUT2D eigenvalue weighted by molar-refractivity contribution is -0.147. The molecule has 0 heterocycles. The molecule has 0 spiro atoms. The SMILES string of the molecule is CSCCC(NC(=O)C(CCC(N)=O)NC(=O)C(N)CCCCN)C(=O)NC(CC(=O)O)C(=O)O. The van der Waals surface area contributed by atoms with Crippen LogP contribution in [0.4, 0.5) is 0 Å². The molecule has 0 rings (SSSR count). The van der Waals surface area contributed by atoms with Gasteiger partial charge in [-0.15, -0.1) is 0 Å². The zero-order valence-electron chi connectivity index (χ0n) is 19.7. The first-order chi connectivity index (χ1) is 16.4. The topological polar surface area (TPSA) is 257 Å². The largest absolute Gasteiger partial charge is 0.481 e. The lowest BCUT2D eigenvalue weighted by atomic mass is 10.1. The number of rotatable bonds is 19. The van der Waals surface area contributed by atoms with Crippen molar-refractivity contribution in [2.45, 2.75) is 69.1 Å². The maximum Gasteiger partial charge on any atom is 0.326 e. The quantitative estimate of drug-likeness (QED) is 0.0824. The van der Waals surface area contributed by atoms with Gasteiger partial charge in [0.15, 0.2) is 0 Å². The Morgan fingerprint density at radius 3 is 1.86 bits per heavy atom. The number of carboxylic acids is 2. The summed E-state index contributed by atoms with van der Waals surface area (Å²) in [4.78, 5) is 71.4.